The second kappa shape index (κ2) is 6.26. The number of hydrogen-bond acceptors (Lipinski definition) is 2. The largest absolute Gasteiger partial charge is 0.347 e. The molecule has 2 atom stereocenters. The van der Waals surface area contributed by atoms with Crippen LogP contribution in [-0.2, 0) is 4.79 Å². The standard InChI is InChI=1S/C8H18N2O.ClH/c1-5-6(2)7(9)8(11)10(3)4;/h6-7H,5,9H2,1-4H3;1H/t6-,7-;/m0./s1. The highest BCUT2D eigenvalue weighted by Crippen LogP contribution is 2.06. The molecule has 2 N–H and O–H groups in total. The zero-order valence-electron chi connectivity index (χ0n) is 8.20. The summed E-state index contributed by atoms with van der Waals surface area (Å²) in [6.07, 6.45) is 0.945. The van der Waals surface area contributed by atoms with Gasteiger partial charge in [-0.3, -0.25) is 4.79 Å². The molecule has 0 aromatic rings. The SMILES string of the molecule is CC[C@H](C)[C@H](N)C(=O)N(C)C.Cl. The van der Waals surface area contributed by atoms with Crippen molar-refractivity contribution in [2.75, 3.05) is 14.1 Å². The lowest BCUT2D eigenvalue weighted by molar-refractivity contribution is -0.131. The van der Waals surface area contributed by atoms with E-state index in [2.05, 4.69) is 0 Å². The summed E-state index contributed by atoms with van der Waals surface area (Å²) in [5.41, 5.74) is 5.68. The molecular weight excluding hydrogens is 176 g/mol. The minimum Gasteiger partial charge on any atom is -0.347 e. The Labute approximate surface area is 80.7 Å². The highest BCUT2D eigenvalue weighted by atomic mass is 35.5. The first-order valence-electron chi connectivity index (χ1n) is 3.97. The topological polar surface area (TPSA) is 46.3 Å². The lowest BCUT2D eigenvalue weighted by atomic mass is 9.99. The molecule has 0 saturated heterocycles. The van der Waals surface area contributed by atoms with Gasteiger partial charge in [0, 0.05) is 14.1 Å². The van der Waals surface area contributed by atoms with Gasteiger partial charge in [0.25, 0.3) is 0 Å². The molecule has 0 aliphatic heterocycles. The predicted molar refractivity (Wildman–Crippen MR) is 53.4 cm³/mol. The van der Waals surface area contributed by atoms with E-state index < -0.39 is 0 Å². The first-order valence-corrected chi connectivity index (χ1v) is 3.97. The Hall–Kier alpha value is -0.280. The van der Waals surface area contributed by atoms with Crippen LogP contribution >= 0.6 is 12.4 Å². The third-order valence-corrected chi connectivity index (χ3v) is 1.98. The Morgan fingerprint density at radius 3 is 2.17 bits per heavy atom. The van der Waals surface area contributed by atoms with E-state index >= 15 is 0 Å². The molecule has 0 aliphatic rings. The molecule has 0 saturated carbocycles. The van der Waals surface area contributed by atoms with Crippen LogP contribution in [0.15, 0.2) is 0 Å². The smallest absolute Gasteiger partial charge is 0.239 e. The van der Waals surface area contributed by atoms with Gasteiger partial charge in [0.1, 0.15) is 0 Å². The quantitative estimate of drug-likeness (QED) is 0.725. The number of rotatable bonds is 3. The number of likely N-dealkylation sites (N-methyl/N-ethyl adjacent to an activating group) is 1. The first-order chi connectivity index (χ1) is 5.00. The molecule has 0 aromatic carbocycles. The molecule has 0 fully saturated rings. The zero-order valence-corrected chi connectivity index (χ0v) is 9.02. The fraction of sp³-hybridized carbons (Fsp3) is 0.875. The van der Waals surface area contributed by atoms with Crippen molar-refractivity contribution in [2.45, 2.75) is 26.3 Å². The van der Waals surface area contributed by atoms with Gasteiger partial charge in [-0.05, 0) is 5.92 Å². The monoisotopic (exact) mass is 194 g/mol. The van der Waals surface area contributed by atoms with E-state index in [-0.39, 0.29) is 30.3 Å². The maximum atomic E-state index is 11.2. The number of nitrogens with zero attached hydrogens (tertiary/aromatic N) is 1. The molecule has 0 heterocycles. The van der Waals surface area contributed by atoms with Crippen molar-refractivity contribution in [3.05, 3.63) is 0 Å². The van der Waals surface area contributed by atoms with Crippen molar-refractivity contribution < 1.29 is 4.79 Å². The second-order valence-corrected chi connectivity index (χ2v) is 3.14. The van der Waals surface area contributed by atoms with E-state index in [1.165, 1.54) is 4.90 Å². The van der Waals surface area contributed by atoms with Crippen molar-refractivity contribution in [3.8, 4) is 0 Å². The first kappa shape index (κ1) is 14.3. The van der Waals surface area contributed by atoms with Crippen LogP contribution in [0.4, 0.5) is 0 Å². The van der Waals surface area contributed by atoms with Gasteiger partial charge in [-0.1, -0.05) is 20.3 Å². The van der Waals surface area contributed by atoms with Gasteiger partial charge in [0.15, 0.2) is 0 Å². The van der Waals surface area contributed by atoms with Crippen LogP contribution in [0.1, 0.15) is 20.3 Å². The van der Waals surface area contributed by atoms with E-state index in [0.717, 1.165) is 6.42 Å². The van der Waals surface area contributed by atoms with Crippen LogP contribution in [0.2, 0.25) is 0 Å². The lowest BCUT2D eigenvalue weighted by Crippen LogP contribution is -2.43. The Morgan fingerprint density at radius 1 is 1.50 bits per heavy atom. The molecule has 0 bridgehead atoms. The molecule has 3 nitrogen and oxygen atoms in total. The van der Waals surface area contributed by atoms with Crippen molar-refractivity contribution in [3.63, 3.8) is 0 Å². The molecule has 0 unspecified atom stereocenters. The maximum absolute atomic E-state index is 11.2. The molecule has 0 aliphatic carbocycles. The van der Waals surface area contributed by atoms with E-state index in [0.29, 0.717) is 0 Å². The van der Waals surface area contributed by atoms with E-state index in [1.54, 1.807) is 14.1 Å². The van der Waals surface area contributed by atoms with Crippen LogP contribution in [0.25, 0.3) is 0 Å². The number of nitrogens with two attached hydrogens (primary N) is 1. The van der Waals surface area contributed by atoms with Gasteiger partial charge < -0.3 is 10.6 Å². The number of carbonyl (C=O) groups excluding carboxylic acids is 1. The van der Waals surface area contributed by atoms with Gasteiger partial charge in [-0.25, -0.2) is 0 Å². The van der Waals surface area contributed by atoms with E-state index in [9.17, 15) is 4.79 Å². The van der Waals surface area contributed by atoms with Crippen LogP contribution in [0, 0.1) is 5.92 Å². The molecule has 0 spiro atoms. The summed E-state index contributed by atoms with van der Waals surface area (Å²) in [6, 6.07) is -0.338. The molecule has 0 rings (SSSR count). The minimum atomic E-state index is -0.338. The maximum Gasteiger partial charge on any atom is 0.239 e. The Bertz CT molecular complexity index is 139. The van der Waals surface area contributed by atoms with Crippen molar-refractivity contribution in [1.29, 1.82) is 0 Å². The van der Waals surface area contributed by atoms with Crippen molar-refractivity contribution >= 4 is 18.3 Å². The zero-order chi connectivity index (χ0) is 9.02. The average Bonchev–Trinajstić information content (AvgIpc) is 2.00. The summed E-state index contributed by atoms with van der Waals surface area (Å²) in [6.45, 7) is 4.03. The van der Waals surface area contributed by atoms with Crippen molar-refractivity contribution in [1.82, 2.24) is 4.90 Å². The van der Waals surface area contributed by atoms with Gasteiger partial charge >= 0.3 is 0 Å². The number of amides is 1. The van der Waals surface area contributed by atoms with Gasteiger partial charge in [0.05, 0.1) is 6.04 Å². The van der Waals surface area contributed by atoms with Gasteiger partial charge in [0.2, 0.25) is 5.91 Å². The molecule has 0 aromatic heterocycles. The number of halogens is 1. The minimum absolute atomic E-state index is 0. The number of hydrogen-bond donors (Lipinski definition) is 1. The normalized spacial score (nSPS) is 14.4. The van der Waals surface area contributed by atoms with Crippen molar-refractivity contribution in [2.24, 2.45) is 11.7 Å². The van der Waals surface area contributed by atoms with Crippen LogP contribution in [0.5, 0.6) is 0 Å². The summed E-state index contributed by atoms with van der Waals surface area (Å²) in [5, 5.41) is 0. The lowest BCUT2D eigenvalue weighted by Gasteiger charge is -2.21. The van der Waals surface area contributed by atoms with Crippen LogP contribution in [0.3, 0.4) is 0 Å². The van der Waals surface area contributed by atoms with Gasteiger partial charge in [-0.2, -0.15) is 0 Å². The fourth-order valence-electron chi connectivity index (χ4n) is 0.795. The summed E-state index contributed by atoms with van der Waals surface area (Å²) in [4.78, 5) is 12.8. The molecule has 1 amide bonds. The average molecular weight is 195 g/mol. The Balaban J connectivity index is 0. The highest BCUT2D eigenvalue weighted by Gasteiger charge is 2.20. The third kappa shape index (κ3) is 3.93. The van der Waals surface area contributed by atoms with E-state index in [4.69, 9.17) is 5.73 Å². The van der Waals surface area contributed by atoms with E-state index in [1.807, 2.05) is 13.8 Å². The molecule has 4 heteroatoms. The second-order valence-electron chi connectivity index (χ2n) is 3.14. The molecule has 12 heavy (non-hydrogen) atoms. The highest BCUT2D eigenvalue weighted by molar-refractivity contribution is 5.85. The summed E-state index contributed by atoms with van der Waals surface area (Å²) in [5.74, 6) is 0.282. The molecular formula is C8H19ClN2O. The summed E-state index contributed by atoms with van der Waals surface area (Å²) in [7, 11) is 3.45. The van der Waals surface area contributed by atoms with Crippen LogP contribution in [-0.4, -0.2) is 30.9 Å². The van der Waals surface area contributed by atoms with Crippen LogP contribution < -0.4 is 5.73 Å². The summed E-state index contributed by atoms with van der Waals surface area (Å²) >= 11 is 0. The molecule has 74 valence electrons. The summed E-state index contributed by atoms with van der Waals surface area (Å²) < 4.78 is 0. The predicted octanol–water partition coefficient (Wildman–Crippen LogP) is 0.870. The molecule has 0 radical (unpaired) electrons. The Kier molecular flexibility index (Phi) is 7.44. The Morgan fingerprint density at radius 2 is 1.92 bits per heavy atom. The van der Waals surface area contributed by atoms with Gasteiger partial charge in [-0.15, -0.1) is 12.4 Å². The third-order valence-electron chi connectivity index (χ3n) is 1.98. The fourth-order valence-corrected chi connectivity index (χ4v) is 0.795. The number of carbonyl (C=O) groups is 1.